The fourth-order valence-electron chi connectivity index (χ4n) is 1.22. The van der Waals surface area contributed by atoms with Crippen molar-refractivity contribution >= 4 is 29.3 Å². The number of nitrogens with zero attached hydrogens (tertiary/aromatic N) is 1. The molecule has 0 fully saturated rings. The van der Waals surface area contributed by atoms with Crippen LogP contribution >= 0.6 is 23.4 Å². The summed E-state index contributed by atoms with van der Waals surface area (Å²) in [6.45, 7) is 1.62. The number of hydrogen-bond donors (Lipinski definition) is 0. The summed E-state index contributed by atoms with van der Waals surface area (Å²) in [6, 6.07) is 3.53. The summed E-state index contributed by atoms with van der Waals surface area (Å²) >= 11 is 5.26. The Kier molecular flexibility index (Phi) is 5.09. The number of alkyl halides is 3. The number of hydrogen-bond acceptors (Lipinski definition) is 4. The smallest absolute Gasteiger partial charge is 0.446 e. The molecule has 0 heterocycles. The normalized spacial score (nSPS) is 10.9. The molecule has 102 valence electrons. The Morgan fingerprint density at radius 1 is 1.53 bits per heavy atom. The van der Waals surface area contributed by atoms with Crippen LogP contribution in [0.25, 0.3) is 0 Å². The molecule has 0 radical (unpaired) electrons. The highest BCUT2D eigenvalue weighted by atomic mass is 35.5. The van der Waals surface area contributed by atoms with Crippen LogP contribution in [0.5, 0.6) is 0 Å². The van der Waals surface area contributed by atoms with E-state index in [0.29, 0.717) is 0 Å². The number of ether oxygens (including phenoxy) is 1. The van der Waals surface area contributed by atoms with E-state index < -0.39 is 23.2 Å². The van der Waals surface area contributed by atoms with Gasteiger partial charge in [-0.15, -0.1) is 0 Å². The van der Waals surface area contributed by atoms with Crippen molar-refractivity contribution < 1.29 is 22.7 Å². The molecule has 3 nitrogen and oxygen atoms in total. The van der Waals surface area contributed by atoms with Crippen molar-refractivity contribution in [3.8, 4) is 6.07 Å². The topological polar surface area (TPSA) is 50.1 Å². The first kappa shape index (κ1) is 15.7. The first-order valence-electron chi connectivity index (χ1n) is 4.95. The second kappa shape index (κ2) is 6.17. The lowest BCUT2D eigenvalue weighted by Crippen LogP contribution is -2.07. The van der Waals surface area contributed by atoms with Gasteiger partial charge in [0, 0.05) is 4.90 Å². The van der Waals surface area contributed by atoms with Gasteiger partial charge in [-0.2, -0.15) is 18.4 Å². The minimum Gasteiger partial charge on any atom is -0.462 e. The molecule has 0 unspecified atom stereocenters. The maximum Gasteiger partial charge on any atom is 0.446 e. The van der Waals surface area contributed by atoms with Gasteiger partial charge in [-0.1, -0.05) is 11.6 Å². The third kappa shape index (κ3) is 4.33. The van der Waals surface area contributed by atoms with Crippen LogP contribution in [0.3, 0.4) is 0 Å². The molecule has 0 atom stereocenters. The average Bonchev–Trinajstić information content (AvgIpc) is 2.29. The second-order valence-corrected chi connectivity index (χ2v) is 4.72. The van der Waals surface area contributed by atoms with Crippen molar-refractivity contribution in [2.75, 3.05) is 6.61 Å². The Labute approximate surface area is 116 Å². The molecule has 0 spiro atoms. The molecule has 0 aliphatic carbocycles. The summed E-state index contributed by atoms with van der Waals surface area (Å²) in [5.41, 5.74) is -5.01. The van der Waals surface area contributed by atoms with E-state index >= 15 is 0 Å². The van der Waals surface area contributed by atoms with Crippen molar-refractivity contribution in [1.29, 1.82) is 5.26 Å². The molecule has 1 aromatic rings. The van der Waals surface area contributed by atoms with Gasteiger partial charge in [0.15, 0.2) is 0 Å². The van der Waals surface area contributed by atoms with Crippen LogP contribution in [0, 0.1) is 11.3 Å². The van der Waals surface area contributed by atoms with E-state index in [1.807, 2.05) is 0 Å². The lowest BCUT2D eigenvalue weighted by Gasteiger charge is -2.10. The monoisotopic (exact) mass is 309 g/mol. The van der Waals surface area contributed by atoms with Crippen molar-refractivity contribution in [2.45, 2.75) is 17.3 Å². The van der Waals surface area contributed by atoms with Crippen LogP contribution in [0.15, 0.2) is 17.0 Å². The largest absolute Gasteiger partial charge is 0.462 e. The van der Waals surface area contributed by atoms with Gasteiger partial charge in [0.05, 0.1) is 22.8 Å². The minimum atomic E-state index is -4.56. The zero-order valence-corrected chi connectivity index (χ0v) is 11.1. The third-order valence-corrected chi connectivity index (χ3v) is 3.01. The quantitative estimate of drug-likeness (QED) is 0.625. The number of thioether (sulfide) groups is 1. The molecular weight excluding hydrogens is 303 g/mol. The van der Waals surface area contributed by atoms with Gasteiger partial charge in [0.1, 0.15) is 6.07 Å². The van der Waals surface area contributed by atoms with Crippen LogP contribution in [0.4, 0.5) is 13.2 Å². The molecule has 0 amide bonds. The molecule has 19 heavy (non-hydrogen) atoms. The summed E-state index contributed by atoms with van der Waals surface area (Å²) in [7, 11) is 0. The third-order valence-electron chi connectivity index (χ3n) is 1.91. The molecule has 0 aliphatic rings. The summed E-state index contributed by atoms with van der Waals surface area (Å²) in [5.74, 6) is -0.832. The van der Waals surface area contributed by atoms with E-state index in [2.05, 4.69) is 4.74 Å². The highest BCUT2D eigenvalue weighted by molar-refractivity contribution is 8.00. The fourth-order valence-corrected chi connectivity index (χ4v) is 2.10. The van der Waals surface area contributed by atoms with Gasteiger partial charge in [-0.3, -0.25) is 0 Å². The molecule has 0 bridgehead atoms. The summed E-state index contributed by atoms with van der Waals surface area (Å²) < 4.78 is 41.7. The SMILES string of the molecule is CCOC(=O)c1cc(SC(F)(F)F)c(C#N)cc1Cl. The highest BCUT2D eigenvalue weighted by Gasteiger charge is 2.31. The molecule has 0 saturated carbocycles. The Morgan fingerprint density at radius 2 is 2.16 bits per heavy atom. The number of halogens is 4. The van der Waals surface area contributed by atoms with E-state index in [1.54, 1.807) is 13.0 Å². The molecule has 8 heteroatoms. The number of carbonyl (C=O) groups excluding carboxylic acids is 1. The molecule has 0 aliphatic heterocycles. The van der Waals surface area contributed by atoms with E-state index in [-0.39, 0.29) is 27.7 Å². The minimum absolute atomic E-state index is 0.0664. The lowest BCUT2D eigenvalue weighted by atomic mass is 10.1. The van der Waals surface area contributed by atoms with E-state index in [0.717, 1.165) is 12.1 Å². The van der Waals surface area contributed by atoms with Gasteiger partial charge < -0.3 is 4.74 Å². The van der Waals surface area contributed by atoms with E-state index in [1.165, 1.54) is 0 Å². The zero-order chi connectivity index (χ0) is 14.6. The Hall–Kier alpha value is -1.39. The zero-order valence-electron chi connectivity index (χ0n) is 9.55. The number of esters is 1. The summed E-state index contributed by atoms with van der Waals surface area (Å²) in [5, 5.41) is 8.64. The average molecular weight is 310 g/mol. The molecule has 0 aromatic heterocycles. The molecular formula is C11H7ClF3NO2S. The van der Waals surface area contributed by atoms with Crippen LogP contribution in [0.2, 0.25) is 5.02 Å². The standard InChI is InChI=1S/C11H7ClF3NO2S/c1-2-18-10(17)7-4-9(19-11(13,14)15)6(5-16)3-8(7)12/h3-4H,2H2,1H3. The van der Waals surface area contributed by atoms with Gasteiger partial charge in [-0.05, 0) is 30.8 Å². The van der Waals surface area contributed by atoms with Gasteiger partial charge in [0.25, 0.3) is 0 Å². The summed E-state index contributed by atoms with van der Waals surface area (Å²) in [6.07, 6.45) is 0. The number of rotatable bonds is 3. The number of benzene rings is 1. The van der Waals surface area contributed by atoms with Crippen molar-refractivity contribution in [3.05, 3.63) is 28.3 Å². The molecule has 0 saturated heterocycles. The predicted octanol–water partition coefficient (Wildman–Crippen LogP) is 4.00. The van der Waals surface area contributed by atoms with Gasteiger partial charge in [0.2, 0.25) is 0 Å². The highest BCUT2D eigenvalue weighted by Crippen LogP contribution is 2.40. The predicted molar refractivity (Wildman–Crippen MR) is 64.0 cm³/mol. The second-order valence-electron chi connectivity index (χ2n) is 3.21. The number of carbonyl (C=O) groups is 1. The van der Waals surface area contributed by atoms with Crippen LogP contribution in [0.1, 0.15) is 22.8 Å². The molecule has 0 N–H and O–H groups in total. The Morgan fingerprint density at radius 3 is 2.63 bits per heavy atom. The first-order chi connectivity index (χ1) is 8.78. The van der Waals surface area contributed by atoms with E-state index in [9.17, 15) is 18.0 Å². The summed E-state index contributed by atoms with van der Waals surface area (Å²) in [4.78, 5) is 11.1. The van der Waals surface area contributed by atoms with Gasteiger partial charge in [-0.25, -0.2) is 4.79 Å². The van der Waals surface area contributed by atoms with E-state index in [4.69, 9.17) is 16.9 Å². The number of nitriles is 1. The van der Waals surface area contributed by atoms with Crippen molar-refractivity contribution in [2.24, 2.45) is 0 Å². The van der Waals surface area contributed by atoms with Crippen LogP contribution in [-0.4, -0.2) is 18.1 Å². The van der Waals surface area contributed by atoms with Crippen LogP contribution in [-0.2, 0) is 4.74 Å². The van der Waals surface area contributed by atoms with Crippen molar-refractivity contribution in [1.82, 2.24) is 0 Å². The first-order valence-corrected chi connectivity index (χ1v) is 6.14. The van der Waals surface area contributed by atoms with Crippen LogP contribution < -0.4 is 0 Å². The maximum atomic E-state index is 12.3. The maximum absolute atomic E-state index is 12.3. The Bertz CT molecular complexity index is 540. The molecule has 1 aromatic carbocycles. The lowest BCUT2D eigenvalue weighted by molar-refractivity contribution is -0.0328. The molecule has 1 rings (SSSR count). The van der Waals surface area contributed by atoms with Gasteiger partial charge >= 0.3 is 11.5 Å². The Balaban J connectivity index is 3.26. The fraction of sp³-hybridized carbons (Fsp3) is 0.273. The van der Waals surface area contributed by atoms with Crippen molar-refractivity contribution in [3.63, 3.8) is 0 Å².